The van der Waals surface area contributed by atoms with Crippen LogP contribution in [0.1, 0.15) is 26.4 Å². The molecule has 1 heterocycles. The molecule has 2 rings (SSSR count). The standard InChI is InChI=1S/C14H15NO2S/c1-9-2-4-10(5-3-9)6-7-11-8-12(14(16)17)13(15)18-11/h2-5,8H,6-7,15H2,1H3,(H,16,17). The number of hydrogen-bond donors (Lipinski definition) is 2. The molecule has 94 valence electrons. The summed E-state index contributed by atoms with van der Waals surface area (Å²) in [6.07, 6.45) is 1.73. The molecule has 0 saturated heterocycles. The molecule has 3 N–H and O–H groups in total. The van der Waals surface area contributed by atoms with Gasteiger partial charge in [0.2, 0.25) is 0 Å². The van der Waals surface area contributed by atoms with Crippen molar-refractivity contribution < 1.29 is 9.90 Å². The summed E-state index contributed by atoms with van der Waals surface area (Å²) in [5, 5.41) is 9.31. The van der Waals surface area contributed by atoms with Crippen molar-refractivity contribution in [1.29, 1.82) is 0 Å². The summed E-state index contributed by atoms with van der Waals surface area (Å²) >= 11 is 1.36. The van der Waals surface area contributed by atoms with Gasteiger partial charge in [-0.05, 0) is 31.4 Å². The van der Waals surface area contributed by atoms with E-state index >= 15 is 0 Å². The van der Waals surface area contributed by atoms with Crippen LogP contribution in [-0.2, 0) is 12.8 Å². The van der Waals surface area contributed by atoms with Crippen LogP contribution in [0.25, 0.3) is 0 Å². The fourth-order valence-corrected chi connectivity index (χ4v) is 2.69. The van der Waals surface area contributed by atoms with Crippen molar-refractivity contribution in [2.45, 2.75) is 19.8 Å². The highest BCUT2D eigenvalue weighted by molar-refractivity contribution is 7.16. The Morgan fingerprint density at radius 1 is 1.28 bits per heavy atom. The Balaban J connectivity index is 2.04. The molecule has 4 heteroatoms. The normalized spacial score (nSPS) is 10.5. The van der Waals surface area contributed by atoms with Gasteiger partial charge in [-0.3, -0.25) is 0 Å². The molecule has 3 nitrogen and oxygen atoms in total. The number of rotatable bonds is 4. The molecule has 0 atom stereocenters. The van der Waals surface area contributed by atoms with Gasteiger partial charge in [0.25, 0.3) is 0 Å². The first kappa shape index (κ1) is 12.6. The second-order valence-electron chi connectivity index (χ2n) is 4.28. The molecule has 0 bridgehead atoms. The highest BCUT2D eigenvalue weighted by atomic mass is 32.1. The predicted octanol–water partition coefficient (Wildman–Crippen LogP) is 3.12. The lowest BCUT2D eigenvalue weighted by atomic mass is 10.1. The van der Waals surface area contributed by atoms with Crippen molar-refractivity contribution >= 4 is 22.3 Å². The van der Waals surface area contributed by atoms with Crippen LogP contribution >= 0.6 is 11.3 Å². The van der Waals surface area contributed by atoms with Crippen molar-refractivity contribution in [2.24, 2.45) is 0 Å². The van der Waals surface area contributed by atoms with Crippen molar-refractivity contribution in [3.05, 3.63) is 51.9 Å². The number of aromatic carboxylic acids is 1. The molecular weight excluding hydrogens is 246 g/mol. The average Bonchev–Trinajstić information content (AvgIpc) is 2.70. The molecule has 0 aliphatic heterocycles. The molecule has 0 spiro atoms. The van der Waals surface area contributed by atoms with Gasteiger partial charge in [-0.1, -0.05) is 29.8 Å². The lowest BCUT2D eigenvalue weighted by molar-refractivity contribution is 0.0698. The largest absolute Gasteiger partial charge is 0.478 e. The number of anilines is 1. The first-order chi connectivity index (χ1) is 8.56. The Morgan fingerprint density at radius 3 is 2.50 bits per heavy atom. The molecule has 0 aliphatic rings. The number of nitrogens with two attached hydrogens (primary N) is 1. The Bertz CT molecular complexity index is 558. The van der Waals surface area contributed by atoms with E-state index in [-0.39, 0.29) is 5.56 Å². The van der Waals surface area contributed by atoms with Crippen LogP contribution in [0, 0.1) is 6.92 Å². The van der Waals surface area contributed by atoms with Gasteiger partial charge in [0, 0.05) is 4.88 Å². The number of nitrogen functional groups attached to an aromatic ring is 1. The SMILES string of the molecule is Cc1ccc(CCc2cc(C(=O)O)c(N)s2)cc1. The molecule has 0 amide bonds. The van der Waals surface area contributed by atoms with E-state index in [0.717, 1.165) is 17.7 Å². The minimum Gasteiger partial charge on any atom is -0.478 e. The van der Waals surface area contributed by atoms with Gasteiger partial charge < -0.3 is 10.8 Å². The number of benzene rings is 1. The van der Waals surface area contributed by atoms with Crippen LogP contribution in [0.15, 0.2) is 30.3 Å². The van der Waals surface area contributed by atoms with E-state index < -0.39 is 5.97 Å². The summed E-state index contributed by atoms with van der Waals surface area (Å²) in [5.74, 6) is -0.953. The third kappa shape index (κ3) is 2.90. The fraction of sp³-hybridized carbons (Fsp3) is 0.214. The molecule has 0 saturated carbocycles. The number of carboxylic acids is 1. The first-order valence-electron chi connectivity index (χ1n) is 5.73. The zero-order valence-corrected chi connectivity index (χ0v) is 11.0. The van der Waals surface area contributed by atoms with E-state index in [2.05, 4.69) is 31.2 Å². The second-order valence-corrected chi connectivity index (χ2v) is 5.45. The summed E-state index contributed by atoms with van der Waals surface area (Å²) in [6, 6.07) is 10.0. The molecule has 0 radical (unpaired) electrons. The zero-order chi connectivity index (χ0) is 13.1. The van der Waals surface area contributed by atoms with E-state index in [0.29, 0.717) is 5.00 Å². The van der Waals surface area contributed by atoms with Crippen LogP contribution in [0.2, 0.25) is 0 Å². The van der Waals surface area contributed by atoms with Crippen LogP contribution in [0.3, 0.4) is 0 Å². The molecule has 2 aromatic rings. The monoisotopic (exact) mass is 261 g/mol. The lowest BCUT2D eigenvalue weighted by Crippen LogP contribution is -1.97. The van der Waals surface area contributed by atoms with E-state index in [1.165, 1.54) is 22.5 Å². The summed E-state index contributed by atoms with van der Waals surface area (Å²) < 4.78 is 0. The van der Waals surface area contributed by atoms with Gasteiger partial charge in [-0.2, -0.15) is 0 Å². The van der Waals surface area contributed by atoms with E-state index in [9.17, 15) is 4.79 Å². The van der Waals surface area contributed by atoms with Crippen LogP contribution < -0.4 is 5.73 Å². The maximum atomic E-state index is 10.9. The summed E-state index contributed by atoms with van der Waals surface area (Å²) in [6.45, 7) is 2.06. The highest BCUT2D eigenvalue weighted by Gasteiger charge is 2.12. The van der Waals surface area contributed by atoms with Gasteiger partial charge in [-0.15, -0.1) is 11.3 Å². The Morgan fingerprint density at radius 2 is 1.94 bits per heavy atom. The number of aryl methyl sites for hydroxylation is 3. The highest BCUT2D eigenvalue weighted by Crippen LogP contribution is 2.26. The fourth-order valence-electron chi connectivity index (χ4n) is 1.77. The van der Waals surface area contributed by atoms with Gasteiger partial charge >= 0.3 is 5.97 Å². The Labute approximate surface area is 110 Å². The molecular formula is C14H15NO2S. The number of carbonyl (C=O) groups is 1. The first-order valence-corrected chi connectivity index (χ1v) is 6.55. The van der Waals surface area contributed by atoms with Crippen molar-refractivity contribution in [1.82, 2.24) is 0 Å². The lowest BCUT2D eigenvalue weighted by Gasteiger charge is -2.00. The Hall–Kier alpha value is -1.81. The van der Waals surface area contributed by atoms with Crippen molar-refractivity contribution in [2.75, 3.05) is 5.73 Å². The molecule has 1 aromatic carbocycles. The smallest absolute Gasteiger partial charge is 0.338 e. The maximum Gasteiger partial charge on any atom is 0.338 e. The molecule has 1 aromatic heterocycles. The molecule has 18 heavy (non-hydrogen) atoms. The minimum absolute atomic E-state index is 0.221. The maximum absolute atomic E-state index is 10.9. The second kappa shape index (κ2) is 5.23. The molecule has 0 fully saturated rings. The van der Waals surface area contributed by atoms with Crippen LogP contribution in [0.5, 0.6) is 0 Å². The zero-order valence-electron chi connectivity index (χ0n) is 10.1. The number of carboxylic acid groups (broad SMARTS) is 1. The van der Waals surface area contributed by atoms with Crippen LogP contribution in [-0.4, -0.2) is 11.1 Å². The minimum atomic E-state index is -0.953. The summed E-state index contributed by atoms with van der Waals surface area (Å²) in [5.41, 5.74) is 8.39. The number of hydrogen-bond acceptors (Lipinski definition) is 3. The van der Waals surface area contributed by atoms with Gasteiger partial charge in [0.05, 0.1) is 5.56 Å². The third-order valence-corrected chi connectivity index (χ3v) is 3.85. The van der Waals surface area contributed by atoms with Gasteiger partial charge in [-0.25, -0.2) is 4.79 Å². The van der Waals surface area contributed by atoms with Crippen molar-refractivity contribution in [3.8, 4) is 0 Å². The van der Waals surface area contributed by atoms with Crippen molar-refractivity contribution in [3.63, 3.8) is 0 Å². The predicted molar refractivity (Wildman–Crippen MR) is 74.3 cm³/mol. The van der Waals surface area contributed by atoms with E-state index in [1.807, 2.05) is 0 Å². The summed E-state index contributed by atoms with van der Waals surface area (Å²) in [7, 11) is 0. The van der Waals surface area contributed by atoms with Gasteiger partial charge in [0.15, 0.2) is 0 Å². The average molecular weight is 261 g/mol. The van der Waals surface area contributed by atoms with E-state index in [4.69, 9.17) is 10.8 Å². The van der Waals surface area contributed by atoms with Crippen LogP contribution in [0.4, 0.5) is 5.00 Å². The van der Waals surface area contributed by atoms with E-state index in [1.54, 1.807) is 6.07 Å². The van der Waals surface area contributed by atoms with Gasteiger partial charge in [0.1, 0.15) is 5.00 Å². The Kier molecular flexibility index (Phi) is 3.67. The molecule has 0 aliphatic carbocycles. The molecule has 0 unspecified atom stereocenters. The summed E-state index contributed by atoms with van der Waals surface area (Å²) in [4.78, 5) is 11.9. The number of thiophene rings is 1. The topological polar surface area (TPSA) is 63.3 Å². The third-order valence-electron chi connectivity index (χ3n) is 2.82. The quantitative estimate of drug-likeness (QED) is 0.888.